The number of carbonyl (C=O) groups excluding carboxylic acids is 3. The summed E-state index contributed by atoms with van der Waals surface area (Å²) in [6.45, 7) is 0. The van der Waals surface area contributed by atoms with Crippen molar-refractivity contribution in [2.45, 2.75) is 5.92 Å². The van der Waals surface area contributed by atoms with E-state index in [1.807, 2.05) is 0 Å². The summed E-state index contributed by atoms with van der Waals surface area (Å²) in [4.78, 5) is 37.7. The molecule has 0 aliphatic carbocycles. The number of rotatable bonds is 7. The molecule has 1 aliphatic rings. The third-order valence-electron chi connectivity index (χ3n) is 4.99. The maximum atomic E-state index is 13.1. The molecule has 2 atom stereocenters. The number of allylic oxidation sites excluding steroid dienone is 1. The summed E-state index contributed by atoms with van der Waals surface area (Å²) in [7, 11) is 2.66. The van der Waals surface area contributed by atoms with E-state index in [2.05, 4.69) is 32.6 Å². The SMILES string of the molecule is COC(=O)[C@@H]1C(=O)NC(SCC(=O)Nc2ccc(F)cc2)=C(C#N)[C@H]1c1ccc(OC)c(Br)c1. The summed E-state index contributed by atoms with van der Waals surface area (Å²) >= 11 is 4.33. The predicted molar refractivity (Wildman–Crippen MR) is 127 cm³/mol. The van der Waals surface area contributed by atoms with E-state index in [1.54, 1.807) is 18.2 Å². The van der Waals surface area contributed by atoms with E-state index >= 15 is 0 Å². The van der Waals surface area contributed by atoms with Crippen LogP contribution in [0.25, 0.3) is 0 Å². The average molecular weight is 548 g/mol. The zero-order valence-corrected chi connectivity index (χ0v) is 20.5. The summed E-state index contributed by atoms with van der Waals surface area (Å²) < 4.78 is 23.7. The van der Waals surface area contributed by atoms with E-state index in [0.717, 1.165) is 18.9 Å². The van der Waals surface area contributed by atoms with Crippen LogP contribution in [-0.2, 0) is 19.1 Å². The molecule has 2 aromatic carbocycles. The molecule has 0 aromatic heterocycles. The summed E-state index contributed by atoms with van der Waals surface area (Å²) in [6, 6.07) is 12.3. The Hall–Kier alpha value is -3.36. The van der Waals surface area contributed by atoms with Crippen molar-refractivity contribution in [3.8, 4) is 11.8 Å². The Bertz CT molecular complexity index is 1200. The fourth-order valence-corrected chi connectivity index (χ4v) is 4.83. The van der Waals surface area contributed by atoms with Gasteiger partial charge < -0.3 is 20.1 Å². The molecule has 0 saturated heterocycles. The van der Waals surface area contributed by atoms with Crippen molar-refractivity contribution in [2.24, 2.45) is 5.92 Å². The number of ether oxygens (including phenoxy) is 2. The molecule has 2 aromatic rings. The normalized spacial score (nSPS) is 17.4. The highest BCUT2D eigenvalue weighted by molar-refractivity contribution is 9.10. The molecule has 176 valence electrons. The van der Waals surface area contributed by atoms with Gasteiger partial charge in [0, 0.05) is 11.6 Å². The standard InChI is InChI=1S/C23H19BrFN3O5S/c1-32-17-8-3-12(9-16(17)24)19-15(10-26)22(28-21(30)20(19)23(31)33-2)34-11-18(29)27-14-6-4-13(25)5-7-14/h3-9,19-20H,11H2,1-2H3,(H,27,29)(H,28,30)/t19-,20+/m1/s1. The highest BCUT2D eigenvalue weighted by Crippen LogP contribution is 2.42. The van der Waals surface area contributed by atoms with Crippen LogP contribution in [0, 0.1) is 23.1 Å². The molecule has 2 N–H and O–H groups in total. The molecule has 0 bridgehead atoms. The van der Waals surface area contributed by atoms with Gasteiger partial charge in [0.1, 0.15) is 17.5 Å². The van der Waals surface area contributed by atoms with E-state index in [1.165, 1.54) is 31.4 Å². The van der Waals surface area contributed by atoms with Crippen molar-refractivity contribution < 1.29 is 28.2 Å². The first kappa shape index (κ1) is 25.3. The molecule has 0 spiro atoms. The smallest absolute Gasteiger partial charge is 0.319 e. The number of hydrogen-bond acceptors (Lipinski definition) is 7. The van der Waals surface area contributed by atoms with Gasteiger partial charge in [0.05, 0.1) is 41.1 Å². The summed E-state index contributed by atoms with van der Waals surface area (Å²) in [6.07, 6.45) is 0. The zero-order valence-electron chi connectivity index (χ0n) is 18.1. The number of nitrogens with zero attached hydrogens (tertiary/aromatic N) is 1. The molecular formula is C23H19BrFN3O5S. The van der Waals surface area contributed by atoms with Crippen LogP contribution in [0.15, 0.2) is 57.5 Å². The summed E-state index contributed by atoms with van der Waals surface area (Å²) in [5.41, 5.74) is 1.04. The fraction of sp³-hybridized carbons (Fsp3) is 0.217. The highest BCUT2D eigenvalue weighted by atomic mass is 79.9. The molecule has 1 aliphatic heterocycles. The number of methoxy groups -OCH3 is 2. The largest absolute Gasteiger partial charge is 0.496 e. The van der Waals surface area contributed by atoms with Crippen LogP contribution in [0.4, 0.5) is 10.1 Å². The van der Waals surface area contributed by atoms with Crippen LogP contribution in [0.5, 0.6) is 5.75 Å². The number of carbonyl (C=O) groups is 3. The van der Waals surface area contributed by atoms with Gasteiger partial charge in [-0.05, 0) is 57.9 Å². The molecular weight excluding hydrogens is 529 g/mol. The van der Waals surface area contributed by atoms with Gasteiger partial charge in [0.25, 0.3) is 0 Å². The third-order valence-corrected chi connectivity index (χ3v) is 6.63. The van der Waals surface area contributed by atoms with Crippen molar-refractivity contribution in [2.75, 3.05) is 25.3 Å². The number of thioether (sulfide) groups is 1. The van der Waals surface area contributed by atoms with Crippen molar-refractivity contribution >= 4 is 51.2 Å². The Morgan fingerprint density at radius 3 is 2.53 bits per heavy atom. The Kier molecular flexibility index (Phi) is 8.31. The molecule has 0 radical (unpaired) electrons. The molecule has 0 saturated carbocycles. The van der Waals surface area contributed by atoms with E-state index < -0.39 is 35.4 Å². The van der Waals surface area contributed by atoms with E-state index in [0.29, 0.717) is 21.5 Å². The van der Waals surface area contributed by atoms with Crippen LogP contribution in [-0.4, -0.2) is 37.8 Å². The second-order valence-corrected chi connectivity index (χ2v) is 8.90. The third kappa shape index (κ3) is 5.58. The van der Waals surface area contributed by atoms with E-state index in [-0.39, 0.29) is 16.4 Å². The Morgan fingerprint density at radius 1 is 1.24 bits per heavy atom. The monoisotopic (exact) mass is 547 g/mol. The lowest BCUT2D eigenvalue weighted by molar-refractivity contribution is -0.150. The lowest BCUT2D eigenvalue weighted by atomic mass is 9.78. The van der Waals surface area contributed by atoms with Gasteiger partial charge in [-0.25, -0.2) is 4.39 Å². The quantitative estimate of drug-likeness (QED) is 0.400. The van der Waals surface area contributed by atoms with Crippen molar-refractivity contribution in [3.05, 3.63) is 68.9 Å². The minimum Gasteiger partial charge on any atom is -0.496 e. The van der Waals surface area contributed by atoms with Crippen LogP contribution < -0.4 is 15.4 Å². The van der Waals surface area contributed by atoms with Gasteiger partial charge in [-0.15, -0.1) is 0 Å². The molecule has 0 unspecified atom stereocenters. The van der Waals surface area contributed by atoms with Gasteiger partial charge >= 0.3 is 5.97 Å². The minimum atomic E-state index is -1.29. The van der Waals surface area contributed by atoms with Gasteiger partial charge in [0.2, 0.25) is 11.8 Å². The van der Waals surface area contributed by atoms with Gasteiger partial charge in [-0.1, -0.05) is 17.8 Å². The maximum absolute atomic E-state index is 13.1. The molecule has 11 heteroatoms. The van der Waals surface area contributed by atoms with Crippen molar-refractivity contribution in [1.29, 1.82) is 5.26 Å². The predicted octanol–water partition coefficient (Wildman–Crippen LogP) is 3.71. The topological polar surface area (TPSA) is 118 Å². The van der Waals surface area contributed by atoms with Crippen LogP contribution in [0.2, 0.25) is 0 Å². The second kappa shape index (κ2) is 11.2. The first-order chi connectivity index (χ1) is 16.3. The number of benzene rings is 2. The van der Waals surface area contributed by atoms with E-state index in [4.69, 9.17) is 9.47 Å². The molecule has 8 nitrogen and oxygen atoms in total. The zero-order chi connectivity index (χ0) is 24.8. The Labute approximate surface area is 207 Å². The van der Waals surface area contributed by atoms with Gasteiger partial charge in [0.15, 0.2) is 0 Å². The van der Waals surface area contributed by atoms with Crippen LogP contribution in [0.3, 0.4) is 0 Å². The van der Waals surface area contributed by atoms with Gasteiger partial charge in [-0.3, -0.25) is 14.4 Å². The Balaban J connectivity index is 1.92. The fourth-order valence-electron chi connectivity index (χ4n) is 3.42. The maximum Gasteiger partial charge on any atom is 0.319 e. The number of halogens is 2. The molecule has 1 heterocycles. The number of anilines is 1. The van der Waals surface area contributed by atoms with E-state index in [9.17, 15) is 24.0 Å². The van der Waals surface area contributed by atoms with Crippen LogP contribution >= 0.6 is 27.7 Å². The number of nitrogens with one attached hydrogen (secondary N) is 2. The molecule has 3 rings (SSSR count). The highest BCUT2D eigenvalue weighted by Gasteiger charge is 2.44. The number of hydrogen-bond donors (Lipinski definition) is 2. The molecule has 2 amide bonds. The van der Waals surface area contributed by atoms with Crippen LogP contribution in [0.1, 0.15) is 11.5 Å². The van der Waals surface area contributed by atoms with Crippen molar-refractivity contribution in [1.82, 2.24) is 5.32 Å². The number of esters is 1. The lowest BCUT2D eigenvalue weighted by Crippen LogP contribution is -2.44. The van der Waals surface area contributed by atoms with Gasteiger partial charge in [-0.2, -0.15) is 5.26 Å². The lowest BCUT2D eigenvalue weighted by Gasteiger charge is -2.31. The number of amides is 2. The molecule has 34 heavy (non-hydrogen) atoms. The first-order valence-corrected chi connectivity index (χ1v) is 11.6. The summed E-state index contributed by atoms with van der Waals surface area (Å²) in [5.74, 6) is -4.13. The van der Waals surface area contributed by atoms with Crippen molar-refractivity contribution in [3.63, 3.8) is 0 Å². The second-order valence-electron chi connectivity index (χ2n) is 7.06. The Morgan fingerprint density at radius 2 is 1.94 bits per heavy atom. The molecule has 0 fully saturated rings. The average Bonchev–Trinajstić information content (AvgIpc) is 2.83. The minimum absolute atomic E-state index is 0.117. The summed E-state index contributed by atoms with van der Waals surface area (Å²) in [5, 5.41) is 15.3. The number of nitriles is 1. The first-order valence-electron chi connectivity index (χ1n) is 9.83.